The number of hydrogen-bond acceptors (Lipinski definition) is 1. The molecule has 0 fully saturated rings. The normalized spacial score (nSPS) is 12.0. The fraction of sp³-hybridized carbons (Fsp3) is 1.00. The molecule has 0 aromatic carbocycles. The molecule has 40 heavy (non-hydrogen) atoms. The Bertz CT molecular complexity index is 391. The molecular formula is C38H80OSi. The Labute approximate surface area is 257 Å². The molecule has 0 radical (unpaired) electrons. The molecule has 0 atom stereocenters. The van der Waals surface area contributed by atoms with Crippen molar-refractivity contribution in [2.24, 2.45) is 0 Å². The van der Waals surface area contributed by atoms with Gasteiger partial charge in [-0.2, -0.15) is 0 Å². The lowest BCUT2D eigenvalue weighted by Gasteiger charge is -2.32. The highest BCUT2D eigenvalue weighted by Crippen LogP contribution is 2.31. The van der Waals surface area contributed by atoms with Crippen molar-refractivity contribution < 1.29 is 4.43 Å². The van der Waals surface area contributed by atoms with Crippen LogP contribution in [0.15, 0.2) is 0 Å². The van der Waals surface area contributed by atoms with Gasteiger partial charge in [-0.3, -0.25) is 0 Å². The first-order chi connectivity index (χ1) is 19.7. The summed E-state index contributed by atoms with van der Waals surface area (Å²) in [6, 6.07) is 4.35. The Morgan fingerprint density at radius 3 is 0.675 bits per heavy atom. The van der Waals surface area contributed by atoms with Crippen LogP contribution in [0.2, 0.25) is 18.1 Å². The smallest absolute Gasteiger partial charge is 0.192 e. The summed E-state index contributed by atoms with van der Waals surface area (Å²) in [7, 11) is -1.57. The maximum absolute atomic E-state index is 6.82. The third-order valence-corrected chi connectivity index (χ3v) is 14.1. The van der Waals surface area contributed by atoms with Gasteiger partial charge in [-0.15, -0.1) is 0 Å². The molecule has 0 aromatic heterocycles. The second-order valence-electron chi connectivity index (χ2n) is 13.4. The molecular weight excluding hydrogens is 501 g/mol. The fourth-order valence-corrected chi connectivity index (χ4v) is 11.2. The minimum Gasteiger partial charge on any atom is -0.417 e. The Morgan fingerprint density at radius 1 is 0.275 bits per heavy atom. The zero-order valence-electron chi connectivity index (χ0n) is 28.9. The SMILES string of the molecule is CCCCCCCCCCCC[Si](CCCCCCCCCCCC)(CCCCCCCCCCCC)OCC. The number of hydrogen-bond donors (Lipinski definition) is 0. The lowest BCUT2D eigenvalue weighted by Crippen LogP contribution is -2.38. The summed E-state index contributed by atoms with van der Waals surface area (Å²) < 4.78 is 6.82. The summed E-state index contributed by atoms with van der Waals surface area (Å²) in [5, 5.41) is 0. The maximum atomic E-state index is 6.82. The molecule has 2 heteroatoms. The van der Waals surface area contributed by atoms with Crippen molar-refractivity contribution >= 4 is 8.32 Å². The first-order valence-electron chi connectivity index (χ1n) is 19.4. The van der Waals surface area contributed by atoms with E-state index in [4.69, 9.17) is 4.43 Å². The van der Waals surface area contributed by atoms with Gasteiger partial charge in [0.1, 0.15) is 0 Å². The third kappa shape index (κ3) is 28.3. The van der Waals surface area contributed by atoms with Crippen LogP contribution < -0.4 is 0 Å². The minimum absolute atomic E-state index is 0.958. The molecule has 0 rings (SSSR count). The Balaban J connectivity index is 4.36. The van der Waals surface area contributed by atoms with Crippen LogP contribution in [0.4, 0.5) is 0 Å². The van der Waals surface area contributed by atoms with Gasteiger partial charge in [0.2, 0.25) is 0 Å². The average molecular weight is 581 g/mol. The molecule has 0 saturated heterocycles. The molecule has 0 aliphatic carbocycles. The summed E-state index contributed by atoms with van der Waals surface area (Å²) in [5.41, 5.74) is 0. The van der Waals surface area contributed by atoms with E-state index in [9.17, 15) is 0 Å². The molecule has 0 bridgehead atoms. The maximum Gasteiger partial charge on any atom is 0.192 e. The van der Waals surface area contributed by atoms with Crippen molar-refractivity contribution in [2.75, 3.05) is 6.61 Å². The van der Waals surface area contributed by atoms with Gasteiger partial charge in [0.05, 0.1) is 0 Å². The second-order valence-corrected chi connectivity index (χ2v) is 17.6. The van der Waals surface area contributed by atoms with Crippen molar-refractivity contribution in [1.29, 1.82) is 0 Å². The van der Waals surface area contributed by atoms with E-state index in [-0.39, 0.29) is 0 Å². The second kappa shape index (κ2) is 33.7. The first-order valence-corrected chi connectivity index (χ1v) is 21.9. The van der Waals surface area contributed by atoms with Crippen molar-refractivity contribution in [3.8, 4) is 0 Å². The van der Waals surface area contributed by atoms with Gasteiger partial charge >= 0.3 is 0 Å². The predicted octanol–water partition coefficient (Wildman–Crippen LogP) is 14.7. The van der Waals surface area contributed by atoms with Crippen LogP contribution in [-0.4, -0.2) is 14.9 Å². The molecule has 0 N–H and O–H groups in total. The summed E-state index contributed by atoms with van der Waals surface area (Å²) in [4.78, 5) is 0. The largest absolute Gasteiger partial charge is 0.417 e. The standard InChI is InChI=1S/C38H80OSi/c1-5-9-12-15-18-21-24-27-30-33-36-40(39-8-4,37-34-31-28-25-22-19-16-13-10-6-2)38-35-32-29-26-23-20-17-14-11-7-3/h5-38H2,1-4H3. The van der Waals surface area contributed by atoms with Crippen LogP contribution in [0.3, 0.4) is 0 Å². The van der Waals surface area contributed by atoms with Crippen LogP contribution in [-0.2, 0) is 4.43 Å². The van der Waals surface area contributed by atoms with Gasteiger partial charge in [0, 0.05) is 6.61 Å². The molecule has 0 heterocycles. The highest BCUT2D eigenvalue weighted by molar-refractivity contribution is 6.73. The van der Waals surface area contributed by atoms with Crippen molar-refractivity contribution in [3.63, 3.8) is 0 Å². The lowest BCUT2D eigenvalue weighted by atomic mass is 10.1. The Morgan fingerprint density at radius 2 is 0.475 bits per heavy atom. The van der Waals surface area contributed by atoms with Crippen molar-refractivity contribution in [2.45, 2.75) is 238 Å². The lowest BCUT2D eigenvalue weighted by molar-refractivity contribution is 0.313. The molecule has 0 spiro atoms. The third-order valence-electron chi connectivity index (χ3n) is 9.41. The van der Waals surface area contributed by atoms with Crippen LogP contribution in [0.25, 0.3) is 0 Å². The fourth-order valence-electron chi connectivity index (χ4n) is 6.70. The molecule has 0 saturated carbocycles. The van der Waals surface area contributed by atoms with Crippen LogP contribution in [0.5, 0.6) is 0 Å². The van der Waals surface area contributed by atoms with Gasteiger partial charge in [-0.05, 0) is 25.1 Å². The summed E-state index contributed by atoms with van der Waals surface area (Å²) in [6.45, 7) is 10.2. The summed E-state index contributed by atoms with van der Waals surface area (Å²) in [5.74, 6) is 0. The van der Waals surface area contributed by atoms with Crippen LogP contribution >= 0.6 is 0 Å². The summed E-state index contributed by atoms with van der Waals surface area (Å²) >= 11 is 0. The van der Waals surface area contributed by atoms with Gasteiger partial charge in [-0.25, -0.2) is 0 Å². The van der Waals surface area contributed by atoms with Gasteiger partial charge < -0.3 is 4.43 Å². The van der Waals surface area contributed by atoms with E-state index in [2.05, 4.69) is 27.7 Å². The Hall–Kier alpha value is 0.177. The molecule has 242 valence electrons. The number of unbranched alkanes of at least 4 members (excludes halogenated alkanes) is 27. The van der Waals surface area contributed by atoms with Gasteiger partial charge in [0.25, 0.3) is 0 Å². The van der Waals surface area contributed by atoms with Crippen LogP contribution in [0, 0.1) is 0 Å². The molecule has 0 aromatic rings. The summed E-state index contributed by atoms with van der Waals surface area (Å²) in [6.07, 6.45) is 43.4. The van der Waals surface area contributed by atoms with E-state index in [1.807, 2.05) is 0 Å². The molecule has 0 amide bonds. The minimum atomic E-state index is -1.57. The van der Waals surface area contributed by atoms with Gasteiger partial charge in [0.15, 0.2) is 8.32 Å². The van der Waals surface area contributed by atoms with Crippen LogP contribution in [0.1, 0.15) is 220 Å². The quantitative estimate of drug-likeness (QED) is 0.0535. The van der Waals surface area contributed by atoms with E-state index in [1.54, 1.807) is 0 Å². The zero-order chi connectivity index (χ0) is 29.2. The van der Waals surface area contributed by atoms with E-state index in [0.29, 0.717) is 0 Å². The van der Waals surface area contributed by atoms with Gasteiger partial charge in [-0.1, -0.05) is 213 Å². The Kier molecular flexibility index (Phi) is 33.8. The highest BCUT2D eigenvalue weighted by atomic mass is 28.4. The van der Waals surface area contributed by atoms with E-state index in [0.717, 1.165) is 6.61 Å². The average Bonchev–Trinajstić information content (AvgIpc) is 2.96. The van der Waals surface area contributed by atoms with Crippen molar-refractivity contribution in [1.82, 2.24) is 0 Å². The van der Waals surface area contributed by atoms with Crippen molar-refractivity contribution in [3.05, 3.63) is 0 Å². The zero-order valence-corrected chi connectivity index (χ0v) is 29.9. The molecule has 0 aliphatic heterocycles. The van der Waals surface area contributed by atoms with E-state index >= 15 is 0 Å². The van der Waals surface area contributed by atoms with E-state index < -0.39 is 8.32 Å². The molecule has 1 nitrogen and oxygen atoms in total. The molecule has 0 unspecified atom stereocenters. The topological polar surface area (TPSA) is 9.23 Å². The molecule has 0 aliphatic rings. The predicted molar refractivity (Wildman–Crippen MR) is 187 cm³/mol. The monoisotopic (exact) mass is 581 g/mol. The first kappa shape index (κ1) is 40.2. The number of rotatable bonds is 35. The highest BCUT2D eigenvalue weighted by Gasteiger charge is 2.32. The van der Waals surface area contributed by atoms with E-state index in [1.165, 1.54) is 211 Å².